The highest BCUT2D eigenvalue weighted by Crippen LogP contribution is 2.29. The van der Waals surface area contributed by atoms with E-state index in [9.17, 15) is 14.4 Å². The number of carbonyl (C=O) groups excluding carboxylic acids is 2. The molecule has 1 aliphatic heterocycles. The van der Waals surface area contributed by atoms with Crippen molar-refractivity contribution >= 4 is 39.6 Å². The molecule has 4 aromatic heterocycles. The summed E-state index contributed by atoms with van der Waals surface area (Å²) in [6.45, 7) is 1.34. The molecular weight excluding hydrogens is 486 g/mol. The minimum Gasteiger partial charge on any atom is -0.465 e. The predicted molar refractivity (Wildman–Crippen MR) is 141 cm³/mol. The zero-order chi connectivity index (χ0) is 26.4. The van der Waals surface area contributed by atoms with E-state index < -0.39 is 5.97 Å². The van der Waals surface area contributed by atoms with Crippen molar-refractivity contribution in [3.63, 3.8) is 0 Å². The number of pyridine rings is 1. The first-order chi connectivity index (χ1) is 18.5. The van der Waals surface area contributed by atoms with Crippen LogP contribution in [0.1, 0.15) is 45.3 Å². The summed E-state index contributed by atoms with van der Waals surface area (Å²) in [6.07, 6.45) is 6.26. The molecular formula is C27H25N7O4. The molecule has 0 bridgehead atoms. The predicted octanol–water partition coefficient (Wildman–Crippen LogP) is 2.87. The van der Waals surface area contributed by atoms with Crippen LogP contribution in [-0.2, 0) is 11.8 Å². The van der Waals surface area contributed by atoms with Crippen molar-refractivity contribution in [2.75, 3.05) is 25.1 Å². The van der Waals surface area contributed by atoms with Crippen LogP contribution in [0.2, 0.25) is 0 Å². The van der Waals surface area contributed by atoms with E-state index in [1.54, 1.807) is 46.8 Å². The zero-order valence-corrected chi connectivity index (χ0v) is 20.9. The molecule has 0 radical (unpaired) electrons. The van der Waals surface area contributed by atoms with Gasteiger partial charge in [0.2, 0.25) is 5.78 Å². The quantitative estimate of drug-likeness (QED) is 0.282. The van der Waals surface area contributed by atoms with Crippen LogP contribution >= 0.6 is 0 Å². The van der Waals surface area contributed by atoms with Crippen molar-refractivity contribution < 1.29 is 14.3 Å². The lowest BCUT2D eigenvalue weighted by Gasteiger charge is -2.33. The molecule has 1 saturated heterocycles. The van der Waals surface area contributed by atoms with Gasteiger partial charge in [-0.15, -0.1) is 0 Å². The maximum atomic E-state index is 13.5. The molecule has 0 unspecified atom stereocenters. The highest BCUT2D eigenvalue weighted by molar-refractivity contribution is 6.18. The summed E-state index contributed by atoms with van der Waals surface area (Å²) in [5, 5.41) is 0.653. The molecule has 0 atom stereocenters. The Morgan fingerprint density at radius 1 is 1.05 bits per heavy atom. The van der Waals surface area contributed by atoms with Crippen LogP contribution < -0.4 is 10.6 Å². The topological polar surface area (TPSA) is 128 Å². The number of methoxy groups -OCH3 is 1. The SMILES string of the molecule is COC(=O)c1cccc2c(C(=O)c3cc(N4CCC(n5c(=O)[nH]c6ncccc65)CC4)ncn3)cn(C)c12. The smallest absolute Gasteiger partial charge is 0.340 e. The number of fused-ring (bicyclic) bond motifs is 2. The average Bonchev–Trinajstić information content (AvgIpc) is 3.48. The number of hydrogen-bond acceptors (Lipinski definition) is 8. The molecule has 5 heterocycles. The van der Waals surface area contributed by atoms with Gasteiger partial charge in [-0.05, 0) is 31.0 Å². The normalized spacial score (nSPS) is 14.3. The summed E-state index contributed by atoms with van der Waals surface area (Å²) in [6, 6.07) is 10.7. The molecule has 192 valence electrons. The molecule has 1 fully saturated rings. The number of benzene rings is 1. The number of anilines is 1. The summed E-state index contributed by atoms with van der Waals surface area (Å²) in [7, 11) is 3.12. The van der Waals surface area contributed by atoms with Crippen molar-refractivity contribution in [2.24, 2.45) is 7.05 Å². The summed E-state index contributed by atoms with van der Waals surface area (Å²) in [5.41, 5.74) is 2.97. The maximum absolute atomic E-state index is 13.5. The van der Waals surface area contributed by atoms with Gasteiger partial charge in [0.25, 0.3) is 0 Å². The summed E-state index contributed by atoms with van der Waals surface area (Å²) in [4.78, 5) is 56.2. The van der Waals surface area contributed by atoms with Gasteiger partial charge in [0, 0.05) is 55.6 Å². The minimum atomic E-state index is -0.463. The Hall–Kier alpha value is -4.80. The maximum Gasteiger partial charge on any atom is 0.340 e. The first kappa shape index (κ1) is 23.6. The molecule has 1 aliphatic rings. The Balaban J connectivity index is 1.25. The molecule has 1 N–H and O–H groups in total. The Morgan fingerprint density at radius 2 is 1.87 bits per heavy atom. The van der Waals surface area contributed by atoms with Gasteiger partial charge in [-0.2, -0.15) is 0 Å². The van der Waals surface area contributed by atoms with E-state index in [4.69, 9.17) is 4.74 Å². The number of rotatable bonds is 5. The standard InChI is InChI=1S/C27H25N7O4/c1-32-14-19(17-5-3-6-18(23(17)32)26(36)38-2)24(35)20-13-22(30-15-29-20)33-11-8-16(9-12-33)34-21-7-4-10-28-25(21)31-27(34)37/h3-7,10,13-16H,8-9,11-12H2,1-2H3,(H,28,31,37). The highest BCUT2D eigenvalue weighted by atomic mass is 16.5. The minimum absolute atomic E-state index is 0.0410. The van der Waals surface area contributed by atoms with E-state index in [1.807, 2.05) is 18.2 Å². The largest absolute Gasteiger partial charge is 0.465 e. The number of ether oxygens (including phenoxy) is 1. The van der Waals surface area contributed by atoms with E-state index in [0.29, 0.717) is 46.6 Å². The first-order valence-electron chi connectivity index (χ1n) is 12.3. The lowest BCUT2D eigenvalue weighted by Crippen LogP contribution is -2.37. The zero-order valence-electron chi connectivity index (χ0n) is 20.9. The lowest BCUT2D eigenvalue weighted by atomic mass is 10.0. The second kappa shape index (κ2) is 9.25. The second-order valence-corrected chi connectivity index (χ2v) is 9.33. The molecule has 0 saturated carbocycles. The van der Waals surface area contributed by atoms with Gasteiger partial charge < -0.3 is 14.2 Å². The summed E-state index contributed by atoms with van der Waals surface area (Å²) >= 11 is 0. The molecule has 1 aromatic carbocycles. The van der Waals surface area contributed by atoms with E-state index in [1.165, 1.54) is 13.4 Å². The number of imidazole rings is 1. The van der Waals surface area contributed by atoms with Gasteiger partial charge >= 0.3 is 11.7 Å². The number of hydrogen-bond donors (Lipinski definition) is 1. The monoisotopic (exact) mass is 511 g/mol. The third-order valence-electron chi connectivity index (χ3n) is 7.18. The third-order valence-corrected chi connectivity index (χ3v) is 7.18. The fourth-order valence-corrected chi connectivity index (χ4v) is 5.38. The van der Waals surface area contributed by atoms with E-state index in [0.717, 1.165) is 18.4 Å². The second-order valence-electron chi connectivity index (χ2n) is 9.33. The molecule has 0 amide bonds. The Bertz CT molecular complexity index is 1760. The first-order valence-corrected chi connectivity index (χ1v) is 12.3. The number of H-pyrrole nitrogens is 1. The van der Waals surface area contributed by atoms with Gasteiger partial charge in [0.15, 0.2) is 5.65 Å². The van der Waals surface area contributed by atoms with Gasteiger partial charge in [-0.3, -0.25) is 14.3 Å². The van der Waals surface area contributed by atoms with Gasteiger partial charge in [0.1, 0.15) is 17.8 Å². The Morgan fingerprint density at radius 3 is 2.66 bits per heavy atom. The molecule has 11 nitrogen and oxygen atoms in total. The van der Waals surface area contributed by atoms with Crippen molar-refractivity contribution in [2.45, 2.75) is 18.9 Å². The molecule has 0 spiro atoms. The van der Waals surface area contributed by atoms with Crippen molar-refractivity contribution in [3.8, 4) is 0 Å². The molecule has 5 aromatic rings. The Labute approximate surface area is 216 Å². The van der Waals surface area contributed by atoms with Gasteiger partial charge in [-0.1, -0.05) is 12.1 Å². The summed E-state index contributed by atoms with van der Waals surface area (Å²) < 4.78 is 8.45. The molecule has 38 heavy (non-hydrogen) atoms. The van der Waals surface area contributed by atoms with Crippen LogP contribution in [0.4, 0.5) is 5.82 Å². The number of aromatic nitrogens is 6. The van der Waals surface area contributed by atoms with Crippen LogP contribution in [0.3, 0.4) is 0 Å². The van der Waals surface area contributed by atoms with E-state index >= 15 is 0 Å². The van der Waals surface area contributed by atoms with E-state index in [2.05, 4.69) is 24.8 Å². The molecule has 11 heteroatoms. The number of aryl methyl sites for hydroxylation is 1. The highest BCUT2D eigenvalue weighted by Gasteiger charge is 2.26. The van der Waals surface area contributed by atoms with Crippen LogP contribution in [0.15, 0.2) is 59.9 Å². The third kappa shape index (κ3) is 3.83. The number of esters is 1. The van der Waals surface area contributed by atoms with Crippen molar-refractivity contribution in [3.05, 3.63) is 82.4 Å². The number of para-hydroxylation sites is 1. The lowest BCUT2D eigenvalue weighted by molar-refractivity contribution is 0.0602. The van der Waals surface area contributed by atoms with Gasteiger partial charge in [-0.25, -0.2) is 24.5 Å². The van der Waals surface area contributed by atoms with Crippen molar-refractivity contribution in [1.82, 2.24) is 29.1 Å². The number of nitrogens with one attached hydrogen (secondary N) is 1. The fourth-order valence-electron chi connectivity index (χ4n) is 5.38. The van der Waals surface area contributed by atoms with Crippen LogP contribution in [0, 0.1) is 0 Å². The molecule has 6 rings (SSSR count). The summed E-state index contributed by atoms with van der Waals surface area (Å²) in [5.74, 6) is -0.0612. The van der Waals surface area contributed by atoms with E-state index in [-0.39, 0.29) is 23.2 Å². The Kier molecular flexibility index (Phi) is 5.74. The number of nitrogens with zero attached hydrogens (tertiary/aromatic N) is 6. The van der Waals surface area contributed by atoms with Crippen LogP contribution in [0.5, 0.6) is 0 Å². The van der Waals surface area contributed by atoms with Gasteiger partial charge in [0.05, 0.1) is 23.7 Å². The fraction of sp³-hybridized carbons (Fsp3) is 0.259. The average molecular weight is 512 g/mol. The molecule has 0 aliphatic carbocycles. The number of carbonyl (C=O) groups is 2. The number of ketones is 1. The number of piperidine rings is 1. The van der Waals surface area contributed by atoms with Crippen LogP contribution in [0.25, 0.3) is 22.1 Å². The van der Waals surface area contributed by atoms with Crippen molar-refractivity contribution in [1.29, 1.82) is 0 Å². The van der Waals surface area contributed by atoms with Crippen LogP contribution in [-0.4, -0.2) is 61.0 Å². The number of aromatic amines is 1.